The van der Waals surface area contributed by atoms with Gasteiger partial charge in [0, 0.05) is 34.8 Å². The molecule has 0 radical (unpaired) electrons. The van der Waals surface area contributed by atoms with Gasteiger partial charge in [-0.25, -0.2) is 23.8 Å². The van der Waals surface area contributed by atoms with Gasteiger partial charge >= 0.3 is 18.2 Å². The molecule has 6 rings (SSSR count). The number of aryl methyl sites for hydroxylation is 1. The molecule has 0 spiro atoms. The minimum Gasteiger partial charge on any atom is -0.487 e. The van der Waals surface area contributed by atoms with Crippen LogP contribution in [0.25, 0.3) is 22.3 Å². The predicted molar refractivity (Wildman–Crippen MR) is 201 cm³/mol. The average Bonchev–Trinajstić information content (AvgIpc) is 3.51. The number of aliphatic hydroxyl groups is 1. The van der Waals surface area contributed by atoms with E-state index in [4.69, 9.17) is 23.9 Å². The molecule has 0 saturated heterocycles. The second-order valence-electron chi connectivity index (χ2n) is 14.6. The molecule has 0 aliphatic carbocycles. The molecule has 0 fully saturated rings. The number of alkyl carbamates (subject to hydrolysis) is 2. The van der Waals surface area contributed by atoms with Gasteiger partial charge in [-0.15, -0.1) is 0 Å². The van der Waals surface area contributed by atoms with Crippen LogP contribution in [-0.4, -0.2) is 63.6 Å². The number of hydrogen-bond donors (Lipinski definition) is 4. The number of rotatable bonds is 11. The summed E-state index contributed by atoms with van der Waals surface area (Å²) in [4.78, 5) is 67.6. The second kappa shape index (κ2) is 15.6. The van der Waals surface area contributed by atoms with Crippen LogP contribution in [0.15, 0.2) is 47.3 Å². The maximum absolute atomic E-state index is 15.3. The number of anilines is 1. The fraction of sp³-hybridized carbons (Fsp3) is 0.400. The molecule has 2 aromatic heterocycles. The standard InChI is InChI=1S/C40H44FN5O10/c1-7-24-25-15-32(29(41)17-30(25)45-33-26(24)19-46-31(33)16-28-27(35(46)48)20-55-36(49)40(28,52)8-2)53-13-14-54-37(50)42-18-22-9-11-23(12-10-22)44-34(47)21(3)43-38(51)56-39(4,5)6/h9-12,15-17,21,52H,7-8,13-14,18-20H2,1-6H3,(H,42,50)(H,43,51)(H,44,47)/t21-,40-/m0/s1. The minimum absolute atomic E-state index is 0.0156. The lowest BCUT2D eigenvalue weighted by Crippen LogP contribution is -2.44. The van der Waals surface area contributed by atoms with Crippen molar-refractivity contribution in [3.63, 3.8) is 0 Å². The third kappa shape index (κ3) is 8.01. The van der Waals surface area contributed by atoms with Gasteiger partial charge in [-0.05, 0) is 75.9 Å². The van der Waals surface area contributed by atoms with Crippen LogP contribution >= 0.6 is 0 Å². The Morgan fingerprint density at radius 1 is 1.05 bits per heavy atom. The van der Waals surface area contributed by atoms with Crippen LogP contribution in [0.3, 0.4) is 0 Å². The number of nitrogens with zero attached hydrogens (tertiary/aromatic N) is 2. The van der Waals surface area contributed by atoms with Crippen LogP contribution in [0.5, 0.6) is 5.75 Å². The van der Waals surface area contributed by atoms with E-state index in [-0.39, 0.29) is 61.8 Å². The second-order valence-corrected chi connectivity index (χ2v) is 14.6. The van der Waals surface area contributed by atoms with E-state index >= 15 is 4.39 Å². The number of carbonyl (C=O) groups excluding carboxylic acids is 4. The van der Waals surface area contributed by atoms with E-state index in [0.717, 1.165) is 16.7 Å². The van der Waals surface area contributed by atoms with Crippen LogP contribution in [0.1, 0.15) is 75.8 Å². The first-order valence-electron chi connectivity index (χ1n) is 18.3. The number of benzene rings is 2. The van der Waals surface area contributed by atoms with Gasteiger partial charge in [0.15, 0.2) is 17.2 Å². The number of nitrogens with one attached hydrogen (secondary N) is 3. The predicted octanol–water partition coefficient (Wildman–Crippen LogP) is 4.94. The molecule has 4 heterocycles. The fourth-order valence-corrected chi connectivity index (χ4v) is 6.70. The molecule has 0 unspecified atom stereocenters. The number of esters is 1. The molecule has 0 saturated carbocycles. The highest BCUT2D eigenvalue weighted by molar-refractivity contribution is 5.96. The summed E-state index contributed by atoms with van der Waals surface area (Å²) >= 11 is 0. The summed E-state index contributed by atoms with van der Waals surface area (Å²) in [7, 11) is 0. The Morgan fingerprint density at radius 3 is 2.46 bits per heavy atom. The number of halogens is 1. The molecule has 2 aliphatic rings. The Morgan fingerprint density at radius 2 is 1.79 bits per heavy atom. The van der Waals surface area contributed by atoms with E-state index in [1.807, 2.05) is 6.92 Å². The average molecular weight is 774 g/mol. The summed E-state index contributed by atoms with van der Waals surface area (Å²) < 4.78 is 38.1. The monoisotopic (exact) mass is 773 g/mol. The van der Waals surface area contributed by atoms with E-state index in [1.54, 1.807) is 64.1 Å². The summed E-state index contributed by atoms with van der Waals surface area (Å²) in [6.45, 7) is 10.0. The Kier molecular flexibility index (Phi) is 11.1. The Labute approximate surface area is 321 Å². The van der Waals surface area contributed by atoms with Crippen molar-refractivity contribution in [3.05, 3.63) is 86.5 Å². The Hall–Kier alpha value is -6.03. The molecule has 2 atom stereocenters. The van der Waals surface area contributed by atoms with Gasteiger partial charge < -0.3 is 44.6 Å². The summed E-state index contributed by atoms with van der Waals surface area (Å²) in [5, 5.41) is 19.6. The molecule has 4 aromatic rings. The fourth-order valence-electron chi connectivity index (χ4n) is 6.70. The van der Waals surface area contributed by atoms with E-state index in [9.17, 15) is 29.1 Å². The van der Waals surface area contributed by atoms with Crippen LogP contribution in [-0.2, 0) is 55.5 Å². The first-order valence-corrected chi connectivity index (χ1v) is 18.3. The highest BCUT2D eigenvalue weighted by atomic mass is 19.1. The van der Waals surface area contributed by atoms with Gasteiger partial charge in [-0.1, -0.05) is 26.0 Å². The van der Waals surface area contributed by atoms with Crippen molar-refractivity contribution in [3.8, 4) is 17.1 Å². The zero-order chi connectivity index (χ0) is 40.5. The van der Waals surface area contributed by atoms with Crippen LogP contribution < -0.4 is 26.2 Å². The molecule has 3 amide bonds. The van der Waals surface area contributed by atoms with Gasteiger partial charge in [0.1, 0.15) is 31.5 Å². The lowest BCUT2D eigenvalue weighted by molar-refractivity contribution is -0.172. The molecule has 4 N–H and O–H groups in total. The zero-order valence-corrected chi connectivity index (χ0v) is 32.0. The summed E-state index contributed by atoms with van der Waals surface area (Å²) in [5.74, 6) is -2.00. The van der Waals surface area contributed by atoms with Crippen molar-refractivity contribution in [1.82, 2.24) is 20.2 Å². The summed E-state index contributed by atoms with van der Waals surface area (Å²) in [6, 6.07) is 10.3. The van der Waals surface area contributed by atoms with Gasteiger partial charge in [0.25, 0.3) is 5.56 Å². The Bertz CT molecular complexity index is 2280. The van der Waals surface area contributed by atoms with Crippen LogP contribution in [0.4, 0.5) is 19.7 Å². The van der Waals surface area contributed by atoms with Gasteiger partial charge in [-0.3, -0.25) is 9.59 Å². The first-order chi connectivity index (χ1) is 26.5. The van der Waals surface area contributed by atoms with E-state index < -0.39 is 47.1 Å². The number of aromatic nitrogens is 2. The molecule has 15 nitrogen and oxygen atoms in total. The van der Waals surface area contributed by atoms with Crippen LogP contribution in [0.2, 0.25) is 0 Å². The van der Waals surface area contributed by atoms with Crippen molar-refractivity contribution in [2.75, 3.05) is 18.5 Å². The van der Waals surface area contributed by atoms with Crippen molar-refractivity contribution < 1.29 is 47.6 Å². The maximum atomic E-state index is 15.3. The summed E-state index contributed by atoms with van der Waals surface area (Å²) in [5.41, 5.74) is 1.43. The molecule has 16 heteroatoms. The molecule has 2 aliphatic heterocycles. The molecule has 0 bridgehead atoms. The third-order valence-corrected chi connectivity index (χ3v) is 9.57. The minimum atomic E-state index is -1.96. The third-order valence-electron chi connectivity index (χ3n) is 9.57. The topological polar surface area (TPSA) is 196 Å². The number of amides is 3. The summed E-state index contributed by atoms with van der Waals surface area (Å²) in [6.07, 6.45) is -0.876. The van der Waals surface area contributed by atoms with Crippen molar-refractivity contribution in [1.29, 1.82) is 0 Å². The normalized spacial score (nSPS) is 16.2. The van der Waals surface area contributed by atoms with Crippen LogP contribution in [0, 0.1) is 5.82 Å². The number of cyclic esters (lactones) is 1. The van der Waals surface area contributed by atoms with Crippen molar-refractivity contribution in [2.45, 2.75) is 91.3 Å². The highest BCUT2D eigenvalue weighted by Gasteiger charge is 2.45. The number of fused-ring (bicyclic) bond motifs is 5. The zero-order valence-electron chi connectivity index (χ0n) is 32.0. The van der Waals surface area contributed by atoms with Gasteiger partial charge in [0.05, 0.1) is 29.0 Å². The SMILES string of the molecule is CCc1c2c(nc3cc(F)c(OCCOC(=O)NCc4ccc(NC(=O)[C@H](C)NC(=O)OC(C)(C)C)cc4)cc13)-c1cc3c(c(=O)n1C2)COC(=O)[C@]3(O)CC. The largest absolute Gasteiger partial charge is 0.487 e. The molecule has 56 heavy (non-hydrogen) atoms. The van der Waals surface area contributed by atoms with Crippen molar-refractivity contribution in [2.24, 2.45) is 0 Å². The molecular weight excluding hydrogens is 729 g/mol. The van der Waals surface area contributed by atoms with Crippen molar-refractivity contribution >= 4 is 40.7 Å². The van der Waals surface area contributed by atoms with E-state index in [0.29, 0.717) is 34.4 Å². The number of hydrogen-bond acceptors (Lipinski definition) is 11. The number of pyridine rings is 2. The number of ether oxygens (including phenoxy) is 4. The maximum Gasteiger partial charge on any atom is 0.408 e. The van der Waals surface area contributed by atoms with E-state index in [2.05, 4.69) is 16.0 Å². The van der Waals surface area contributed by atoms with E-state index in [1.165, 1.54) is 17.6 Å². The lowest BCUT2D eigenvalue weighted by atomic mass is 9.86. The van der Waals surface area contributed by atoms with Gasteiger partial charge in [0.2, 0.25) is 5.91 Å². The Balaban J connectivity index is 1.04. The quantitative estimate of drug-likeness (QED) is 0.0807. The lowest BCUT2D eigenvalue weighted by Gasteiger charge is -2.31. The molecule has 296 valence electrons. The smallest absolute Gasteiger partial charge is 0.408 e. The molecular formula is C40H44FN5O10. The molecule has 2 aromatic carbocycles. The highest BCUT2D eigenvalue weighted by Crippen LogP contribution is 2.41. The number of carbonyl (C=O) groups is 4. The first kappa shape index (κ1) is 39.7. The van der Waals surface area contributed by atoms with Gasteiger partial charge in [-0.2, -0.15) is 0 Å².